The zero-order chi connectivity index (χ0) is 21.8. The van der Waals surface area contributed by atoms with Crippen molar-refractivity contribution in [3.05, 3.63) is 39.6 Å². The molecule has 0 unspecified atom stereocenters. The predicted octanol–water partition coefficient (Wildman–Crippen LogP) is 2.65. The van der Waals surface area contributed by atoms with Crippen LogP contribution in [-0.2, 0) is 24.3 Å². The van der Waals surface area contributed by atoms with E-state index in [-0.39, 0.29) is 5.91 Å². The monoisotopic (exact) mass is 432 g/mol. The van der Waals surface area contributed by atoms with Crippen molar-refractivity contribution in [3.8, 4) is 0 Å². The van der Waals surface area contributed by atoms with Gasteiger partial charge in [-0.05, 0) is 38.0 Å². The zero-order valence-electron chi connectivity index (χ0n) is 16.4. The summed E-state index contributed by atoms with van der Waals surface area (Å²) in [7, 11) is 4.12. The van der Waals surface area contributed by atoms with Gasteiger partial charge in [0.05, 0.1) is 10.6 Å². The predicted molar refractivity (Wildman–Crippen MR) is 102 cm³/mol. The quantitative estimate of drug-likeness (QED) is 0.807. The summed E-state index contributed by atoms with van der Waals surface area (Å²) in [4.78, 5) is 31.1. The highest BCUT2D eigenvalue weighted by Crippen LogP contribution is 2.20. The van der Waals surface area contributed by atoms with Gasteiger partial charge in [-0.3, -0.25) is 4.79 Å². The Balaban J connectivity index is 0.000000370. The smallest absolute Gasteiger partial charge is 0.475 e. The first-order chi connectivity index (χ1) is 13.5. The van der Waals surface area contributed by atoms with E-state index in [2.05, 4.69) is 28.5 Å². The summed E-state index contributed by atoms with van der Waals surface area (Å²) in [5.74, 6) is -1.50. The number of hydrogen-bond donors (Lipinski definition) is 1. The molecule has 0 radical (unpaired) electrons. The molecule has 1 N–H and O–H groups in total. The average molecular weight is 432 g/mol. The molecule has 0 aromatic carbocycles. The minimum atomic E-state index is -5.08. The number of aliphatic carboxylic acids is 1. The van der Waals surface area contributed by atoms with E-state index in [1.807, 2.05) is 29.5 Å². The Bertz CT molecular complexity index is 861. The Hall–Kier alpha value is -2.40. The van der Waals surface area contributed by atoms with Crippen molar-refractivity contribution in [2.24, 2.45) is 0 Å². The fraction of sp³-hybridized carbons (Fsp3) is 0.500. The second-order valence-corrected chi connectivity index (χ2v) is 7.75. The number of carbonyl (C=O) groups is 2. The highest BCUT2D eigenvalue weighted by atomic mass is 32.1. The number of aryl methyl sites for hydroxylation is 1. The molecule has 160 valence electrons. The van der Waals surface area contributed by atoms with Crippen LogP contribution in [0.1, 0.15) is 26.8 Å². The largest absolute Gasteiger partial charge is 0.490 e. The molecule has 2 aromatic heterocycles. The lowest BCUT2D eigenvalue weighted by atomic mass is 10.2. The van der Waals surface area contributed by atoms with Crippen molar-refractivity contribution in [3.63, 3.8) is 0 Å². The number of thiophene rings is 1. The Kier molecular flexibility index (Phi) is 7.42. The number of halogens is 3. The third-order valence-corrected chi connectivity index (χ3v) is 5.29. The van der Waals surface area contributed by atoms with Crippen LogP contribution in [0.15, 0.2) is 17.6 Å². The second kappa shape index (κ2) is 9.40. The Labute approximate surface area is 170 Å². The van der Waals surface area contributed by atoms with Crippen molar-refractivity contribution in [1.82, 2.24) is 19.4 Å². The van der Waals surface area contributed by atoms with Gasteiger partial charge in [-0.25, -0.2) is 9.78 Å². The molecule has 1 aliphatic heterocycles. The minimum Gasteiger partial charge on any atom is -0.475 e. The minimum absolute atomic E-state index is 0.160. The number of nitrogens with zero attached hydrogens (tertiary/aromatic N) is 4. The van der Waals surface area contributed by atoms with Gasteiger partial charge in [0.1, 0.15) is 5.82 Å². The number of alkyl halides is 3. The van der Waals surface area contributed by atoms with Crippen LogP contribution in [0.4, 0.5) is 13.2 Å². The highest BCUT2D eigenvalue weighted by molar-refractivity contribution is 7.12. The van der Waals surface area contributed by atoms with Gasteiger partial charge in [-0.15, -0.1) is 11.3 Å². The molecule has 11 heteroatoms. The summed E-state index contributed by atoms with van der Waals surface area (Å²) < 4.78 is 34.0. The van der Waals surface area contributed by atoms with Crippen LogP contribution in [-0.4, -0.2) is 69.7 Å². The summed E-state index contributed by atoms with van der Waals surface area (Å²) >= 11 is 1.54. The van der Waals surface area contributed by atoms with E-state index >= 15 is 0 Å². The zero-order valence-corrected chi connectivity index (χ0v) is 17.2. The van der Waals surface area contributed by atoms with Crippen molar-refractivity contribution in [2.45, 2.75) is 32.6 Å². The van der Waals surface area contributed by atoms with Gasteiger partial charge in [0.2, 0.25) is 0 Å². The Morgan fingerprint density at radius 3 is 2.45 bits per heavy atom. The SMILES string of the molecule is Cc1ccsc1C(=O)N1CCc2ncc(CN(C)C)n2CC1.O=C(O)C(F)(F)F. The van der Waals surface area contributed by atoms with Gasteiger partial charge in [0, 0.05) is 38.8 Å². The van der Waals surface area contributed by atoms with E-state index in [1.54, 1.807) is 0 Å². The number of rotatable bonds is 3. The van der Waals surface area contributed by atoms with Crippen molar-refractivity contribution in [1.29, 1.82) is 0 Å². The molecular formula is C18H23F3N4O3S. The van der Waals surface area contributed by atoms with Crippen LogP contribution in [0.5, 0.6) is 0 Å². The number of carboxylic acid groups (broad SMARTS) is 1. The first-order valence-corrected chi connectivity index (χ1v) is 9.70. The van der Waals surface area contributed by atoms with Gasteiger partial charge < -0.3 is 19.5 Å². The Morgan fingerprint density at radius 1 is 1.28 bits per heavy atom. The molecule has 29 heavy (non-hydrogen) atoms. The van der Waals surface area contributed by atoms with Crippen molar-refractivity contribution < 1.29 is 27.9 Å². The maximum Gasteiger partial charge on any atom is 0.490 e. The molecule has 3 heterocycles. The van der Waals surface area contributed by atoms with Crippen LogP contribution >= 0.6 is 11.3 Å². The van der Waals surface area contributed by atoms with E-state index in [0.29, 0.717) is 0 Å². The molecular weight excluding hydrogens is 409 g/mol. The van der Waals surface area contributed by atoms with E-state index in [0.717, 1.165) is 48.9 Å². The van der Waals surface area contributed by atoms with Crippen LogP contribution in [0, 0.1) is 6.92 Å². The molecule has 0 saturated heterocycles. The van der Waals surface area contributed by atoms with E-state index in [4.69, 9.17) is 9.90 Å². The first kappa shape index (κ1) is 22.9. The van der Waals surface area contributed by atoms with Crippen molar-refractivity contribution >= 4 is 23.2 Å². The molecule has 0 saturated carbocycles. The van der Waals surface area contributed by atoms with E-state index in [1.165, 1.54) is 17.0 Å². The standard InChI is InChI=1S/C16H22N4OS.C2HF3O2/c1-12-5-9-22-15(12)16(21)19-6-4-14-17-10-13(11-18(2)3)20(14)8-7-19;3-2(4,5)1(6)7/h5,9-10H,4,6-8,11H2,1-3H3;(H,6,7). The van der Waals surface area contributed by atoms with Crippen LogP contribution in [0.3, 0.4) is 0 Å². The normalized spacial score (nSPS) is 14.1. The fourth-order valence-electron chi connectivity index (χ4n) is 2.88. The summed E-state index contributed by atoms with van der Waals surface area (Å²) in [6.07, 6.45) is -2.29. The van der Waals surface area contributed by atoms with Gasteiger partial charge in [0.25, 0.3) is 5.91 Å². The van der Waals surface area contributed by atoms with Crippen LogP contribution < -0.4 is 0 Å². The maximum atomic E-state index is 12.7. The maximum absolute atomic E-state index is 12.7. The molecule has 0 atom stereocenters. The number of fused-ring (bicyclic) bond motifs is 1. The van der Waals surface area contributed by atoms with Gasteiger partial charge in [-0.1, -0.05) is 0 Å². The molecule has 0 bridgehead atoms. The average Bonchev–Trinajstić information content (AvgIpc) is 3.13. The fourth-order valence-corrected chi connectivity index (χ4v) is 3.77. The number of hydrogen-bond acceptors (Lipinski definition) is 5. The number of imidazole rings is 1. The topological polar surface area (TPSA) is 78.7 Å². The lowest BCUT2D eigenvalue weighted by molar-refractivity contribution is -0.192. The highest BCUT2D eigenvalue weighted by Gasteiger charge is 2.38. The third-order valence-electron chi connectivity index (χ3n) is 4.28. The molecule has 0 aliphatic carbocycles. The summed E-state index contributed by atoms with van der Waals surface area (Å²) in [6.45, 7) is 5.20. The van der Waals surface area contributed by atoms with E-state index < -0.39 is 12.1 Å². The summed E-state index contributed by atoms with van der Waals surface area (Å²) in [5, 5.41) is 9.11. The summed E-state index contributed by atoms with van der Waals surface area (Å²) in [5.41, 5.74) is 2.30. The third kappa shape index (κ3) is 6.04. The van der Waals surface area contributed by atoms with Crippen LogP contribution in [0.25, 0.3) is 0 Å². The van der Waals surface area contributed by atoms with E-state index in [9.17, 15) is 18.0 Å². The lowest BCUT2D eigenvalue weighted by Crippen LogP contribution is -2.33. The Morgan fingerprint density at radius 2 is 1.93 bits per heavy atom. The molecule has 7 nitrogen and oxygen atoms in total. The molecule has 1 amide bonds. The van der Waals surface area contributed by atoms with Gasteiger partial charge in [0.15, 0.2) is 0 Å². The molecule has 0 spiro atoms. The van der Waals surface area contributed by atoms with Gasteiger partial charge >= 0.3 is 12.1 Å². The lowest BCUT2D eigenvalue weighted by Gasteiger charge is -2.20. The molecule has 1 aliphatic rings. The van der Waals surface area contributed by atoms with Crippen molar-refractivity contribution in [2.75, 3.05) is 27.2 Å². The second-order valence-electron chi connectivity index (χ2n) is 6.83. The number of amides is 1. The number of carbonyl (C=O) groups excluding carboxylic acids is 1. The number of carboxylic acids is 1. The summed E-state index contributed by atoms with van der Waals surface area (Å²) in [6, 6.07) is 2.01. The first-order valence-electron chi connectivity index (χ1n) is 8.82. The number of aromatic nitrogens is 2. The molecule has 2 aromatic rings. The molecule has 0 fully saturated rings. The van der Waals surface area contributed by atoms with Gasteiger partial charge in [-0.2, -0.15) is 13.2 Å². The molecule has 3 rings (SSSR count). The van der Waals surface area contributed by atoms with Crippen LogP contribution in [0.2, 0.25) is 0 Å².